The average molecular weight is 862 g/mol. The molecule has 7 heteroatoms. The predicted octanol–water partition coefficient (Wildman–Crippen LogP) is 10.6. The van der Waals surface area contributed by atoms with Gasteiger partial charge in [0.25, 0.3) is 0 Å². The molecule has 7 rings (SSSR count). The molecule has 0 spiro atoms. The first-order valence-electron chi connectivity index (χ1n) is 15.3. The molecule has 0 atom stereocenters. The van der Waals surface area contributed by atoms with E-state index in [0.717, 1.165) is 39.4 Å². The van der Waals surface area contributed by atoms with Gasteiger partial charge in [0.2, 0.25) is 0 Å². The molecule has 3 nitrogen and oxygen atoms in total. The first-order chi connectivity index (χ1) is 22.1. The molecule has 0 aliphatic carbocycles. The minimum atomic E-state index is -1.72. The van der Waals surface area contributed by atoms with Crippen molar-refractivity contribution in [1.29, 1.82) is 0 Å². The first kappa shape index (κ1) is 34.4. The number of pyridine rings is 2. The van der Waals surface area contributed by atoms with Gasteiger partial charge in [0.15, 0.2) is 0 Å². The third-order valence-electron chi connectivity index (χ3n) is 8.00. The molecule has 47 heavy (non-hydrogen) atoms. The number of nitrogens with zero attached hydrogens (tertiary/aromatic N) is 2. The number of furan rings is 1. The number of fused-ring (bicyclic) bond motifs is 3. The number of rotatable bonds is 5. The van der Waals surface area contributed by atoms with E-state index in [1.807, 2.05) is 60.8 Å². The summed E-state index contributed by atoms with van der Waals surface area (Å²) in [5.41, 5.74) is 7.14. The molecular weight excluding hydrogens is 827 g/mol. The fourth-order valence-electron chi connectivity index (χ4n) is 5.32. The molecule has 0 aliphatic heterocycles. The number of hydrogen-bond acceptors (Lipinski definition) is 3. The molecule has 7 aromatic rings. The summed E-state index contributed by atoms with van der Waals surface area (Å²) < 4.78 is 35.2. The van der Waals surface area contributed by atoms with Crippen LogP contribution in [-0.4, -0.2) is 23.2 Å². The van der Waals surface area contributed by atoms with Gasteiger partial charge in [-0.2, -0.15) is 0 Å². The Balaban J connectivity index is 0.000000217. The molecular formula is C40H34F2GeIrN2O-2. The van der Waals surface area contributed by atoms with E-state index >= 15 is 0 Å². The van der Waals surface area contributed by atoms with Crippen molar-refractivity contribution in [3.63, 3.8) is 0 Å². The van der Waals surface area contributed by atoms with Crippen LogP contribution >= 0.6 is 0 Å². The second-order valence-electron chi connectivity index (χ2n) is 12.6. The molecule has 3 heterocycles. The summed E-state index contributed by atoms with van der Waals surface area (Å²) in [5.74, 6) is 6.32. The van der Waals surface area contributed by atoms with Crippen molar-refractivity contribution in [3.05, 3.63) is 139 Å². The maximum absolute atomic E-state index is 14.2. The minimum Gasteiger partial charge on any atom is 0 e. The maximum atomic E-state index is 14.2. The fraction of sp³-hybridized carbons (Fsp3) is 0.150. The normalized spacial score (nSPS) is 11.3. The molecule has 0 fully saturated rings. The summed E-state index contributed by atoms with van der Waals surface area (Å²) in [4.78, 5) is 9.05. The smallest absolute Gasteiger partial charge is 0 e. The molecule has 0 bridgehead atoms. The van der Waals surface area contributed by atoms with Crippen LogP contribution in [0.2, 0.25) is 17.3 Å². The first-order valence-corrected chi connectivity index (χ1v) is 22.6. The molecule has 0 unspecified atom stereocenters. The van der Waals surface area contributed by atoms with Crippen LogP contribution in [-0.2, 0) is 20.1 Å². The molecule has 239 valence electrons. The number of aromatic nitrogens is 2. The van der Waals surface area contributed by atoms with Gasteiger partial charge in [-0.25, -0.2) is 8.78 Å². The van der Waals surface area contributed by atoms with Crippen LogP contribution < -0.4 is 4.40 Å². The van der Waals surface area contributed by atoms with Crippen LogP contribution in [0.5, 0.6) is 0 Å². The Bertz CT molecular complexity index is 2140. The van der Waals surface area contributed by atoms with Crippen LogP contribution in [0, 0.1) is 23.8 Å². The van der Waals surface area contributed by atoms with Gasteiger partial charge in [-0.3, -0.25) is 0 Å². The van der Waals surface area contributed by atoms with Crippen molar-refractivity contribution < 1.29 is 33.3 Å². The molecule has 4 aromatic carbocycles. The Hall–Kier alpha value is -3.97. The van der Waals surface area contributed by atoms with Crippen LogP contribution in [0.4, 0.5) is 8.78 Å². The van der Waals surface area contributed by atoms with Gasteiger partial charge in [0, 0.05) is 43.3 Å². The van der Waals surface area contributed by atoms with Gasteiger partial charge in [-0.05, 0) is 41.4 Å². The quantitative estimate of drug-likeness (QED) is 0.128. The van der Waals surface area contributed by atoms with Crippen molar-refractivity contribution in [2.24, 2.45) is 0 Å². The number of hydrogen-bond donors (Lipinski definition) is 0. The van der Waals surface area contributed by atoms with Crippen molar-refractivity contribution in [1.82, 2.24) is 9.97 Å². The molecule has 1 radical (unpaired) electrons. The van der Waals surface area contributed by atoms with E-state index in [1.165, 1.54) is 22.1 Å². The Kier molecular flexibility index (Phi) is 10.6. The summed E-state index contributed by atoms with van der Waals surface area (Å²) in [6, 6.07) is 35.7. The van der Waals surface area contributed by atoms with Gasteiger partial charge >= 0.3 is 99.8 Å². The zero-order chi connectivity index (χ0) is 32.4. The Morgan fingerprint density at radius 1 is 0.766 bits per heavy atom. The topological polar surface area (TPSA) is 38.9 Å². The van der Waals surface area contributed by atoms with Gasteiger partial charge in [-0.1, -0.05) is 48.6 Å². The van der Waals surface area contributed by atoms with Crippen molar-refractivity contribution in [3.8, 4) is 33.6 Å². The van der Waals surface area contributed by atoms with E-state index in [9.17, 15) is 8.78 Å². The largest absolute Gasteiger partial charge is 0 e. The summed E-state index contributed by atoms with van der Waals surface area (Å²) in [6.07, 6.45) is 3.84. The van der Waals surface area contributed by atoms with E-state index < -0.39 is 24.9 Å². The van der Waals surface area contributed by atoms with Crippen molar-refractivity contribution >= 4 is 39.6 Å². The Morgan fingerprint density at radius 3 is 2.28 bits per heavy atom. The van der Waals surface area contributed by atoms with Crippen LogP contribution in [0.25, 0.3) is 55.6 Å². The fourth-order valence-corrected chi connectivity index (χ4v) is 7.49. The van der Waals surface area contributed by atoms with Crippen molar-refractivity contribution in [2.75, 3.05) is 0 Å². The van der Waals surface area contributed by atoms with E-state index in [4.69, 9.17) is 4.42 Å². The molecule has 0 N–H and O–H groups in total. The standard InChI is InChI=1S/C26H18F2NO.C14H16GeN.Ir/c1-15(2)16-10-11-29-24(12-16)22-5-3-4-21-20-8-6-17(13-25(20)30-26(21)22)19-9-7-18(27)14-23(19)28;1-15(2,3)13-9-10-14(16-11-13)12-7-5-4-6-8-12;/h3-4,6-15H,1-2H3;4-7,9-11H,1-3H3;/q2*-1;. The third-order valence-corrected chi connectivity index (χ3v) is 12.3. The Morgan fingerprint density at radius 2 is 1.60 bits per heavy atom. The van der Waals surface area contributed by atoms with E-state index in [2.05, 4.69) is 71.4 Å². The van der Waals surface area contributed by atoms with Gasteiger partial charge in [0.05, 0.1) is 5.58 Å². The molecule has 0 amide bonds. The third kappa shape index (κ3) is 7.62. The second kappa shape index (κ2) is 14.4. The van der Waals surface area contributed by atoms with Crippen LogP contribution in [0.1, 0.15) is 25.3 Å². The Labute approximate surface area is 290 Å². The zero-order valence-electron chi connectivity index (χ0n) is 26.9. The molecule has 3 aromatic heterocycles. The maximum Gasteiger partial charge on any atom is 0 e. The summed E-state index contributed by atoms with van der Waals surface area (Å²) in [6.45, 7) is 4.28. The monoisotopic (exact) mass is 863 g/mol. The minimum absolute atomic E-state index is 0. The van der Waals surface area contributed by atoms with Gasteiger partial charge in [0.1, 0.15) is 17.2 Å². The van der Waals surface area contributed by atoms with Crippen molar-refractivity contribution in [2.45, 2.75) is 37.0 Å². The second-order valence-corrected chi connectivity index (χ2v) is 23.3. The summed E-state index contributed by atoms with van der Waals surface area (Å²) in [7, 11) is 0. The van der Waals surface area contributed by atoms with Crippen LogP contribution in [0.15, 0.2) is 114 Å². The average Bonchev–Trinajstić information content (AvgIpc) is 3.43. The molecule has 0 saturated heterocycles. The zero-order valence-corrected chi connectivity index (χ0v) is 31.4. The SMILES string of the molecule is CC(C)c1ccnc(-c2[c-]ccc3c2oc2cc(-c4ccc(F)cc4F)ccc23)c1.[CH3][Ge]([CH3])([CH3])[c]1ccc(-c2[c-]cccc2)nc1.[Ir]. The molecule has 0 saturated carbocycles. The number of benzene rings is 4. The summed E-state index contributed by atoms with van der Waals surface area (Å²) in [5, 5.41) is 1.87. The van der Waals surface area contributed by atoms with Gasteiger partial charge in [-0.15, -0.1) is 18.2 Å². The summed E-state index contributed by atoms with van der Waals surface area (Å²) >= 11 is -1.72. The predicted molar refractivity (Wildman–Crippen MR) is 187 cm³/mol. The number of halogens is 2. The van der Waals surface area contributed by atoms with Gasteiger partial charge < -0.3 is 9.40 Å². The van der Waals surface area contributed by atoms with E-state index in [1.54, 1.807) is 12.3 Å². The van der Waals surface area contributed by atoms with Crippen LogP contribution in [0.3, 0.4) is 0 Å². The van der Waals surface area contributed by atoms with E-state index in [-0.39, 0.29) is 20.1 Å². The molecule has 0 aliphatic rings. The van der Waals surface area contributed by atoms with E-state index in [0.29, 0.717) is 28.2 Å².